The molecule has 9 heteroatoms. The highest BCUT2D eigenvalue weighted by atomic mass is 35.5. The first-order chi connectivity index (χ1) is 15.9. The van der Waals surface area contributed by atoms with E-state index in [4.69, 9.17) is 25.8 Å². The summed E-state index contributed by atoms with van der Waals surface area (Å²) in [7, 11) is -2.47. The summed E-state index contributed by atoms with van der Waals surface area (Å²) in [6, 6.07) is 16.3. The van der Waals surface area contributed by atoms with E-state index in [1.807, 2.05) is 18.2 Å². The number of halogens is 2. The average Bonchev–Trinajstić information content (AvgIpc) is 3.02. The molecule has 0 fully saturated rings. The van der Waals surface area contributed by atoms with E-state index in [1.54, 1.807) is 18.2 Å². The molecule has 0 spiro atoms. The lowest BCUT2D eigenvalue weighted by Crippen LogP contribution is -2.32. The SMILES string of the molecule is COc1ccc(Cl)cc1S(=O)(=O)N1CCOc2ccc(COCc3cccc(F)c3)cc2C1. The van der Waals surface area contributed by atoms with Gasteiger partial charge in [0.15, 0.2) is 0 Å². The Hall–Kier alpha value is -2.65. The fourth-order valence-electron chi connectivity index (χ4n) is 3.62. The number of hydrogen-bond acceptors (Lipinski definition) is 5. The van der Waals surface area contributed by atoms with Crippen LogP contribution in [0.5, 0.6) is 11.5 Å². The molecule has 3 aromatic carbocycles. The first-order valence-corrected chi connectivity index (χ1v) is 12.1. The number of nitrogens with zero attached hydrogens (tertiary/aromatic N) is 1. The van der Waals surface area contributed by atoms with Crippen molar-refractivity contribution in [3.8, 4) is 11.5 Å². The molecule has 1 aliphatic heterocycles. The fraction of sp³-hybridized carbons (Fsp3) is 0.250. The van der Waals surface area contributed by atoms with E-state index in [-0.39, 0.29) is 42.8 Å². The maximum absolute atomic E-state index is 13.4. The molecular weight excluding hydrogens is 469 g/mol. The van der Waals surface area contributed by atoms with Gasteiger partial charge in [-0.1, -0.05) is 29.8 Å². The number of methoxy groups -OCH3 is 1. The van der Waals surface area contributed by atoms with Gasteiger partial charge in [0.25, 0.3) is 0 Å². The Labute approximate surface area is 197 Å². The largest absolute Gasteiger partial charge is 0.495 e. The second-order valence-corrected chi connectivity index (χ2v) is 9.89. The Morgan fingerprint density at radius 3 is 2.61 bits per heavy atom. The lowest BCUT2D eigenvalue weighted by Gasteiger charge is -2.21. The molecule has 33 heavy (non-hydrogen) atoms. The van der Waals surface area contributed by atoms with E-state index in [1.165, 1.54) is 35.7 Å². The molecule has 0 amide bonds. The van der Waals surface area contributed by atoms with Gasteiger partial charge in [-0.15, -0.1) is 0 Å². The van der Waals surface area contributed by atoms with Crippen LogP contribution < -0.4 is 9.47 Å². The van der Waals surface area contributed by atoms with Crippen LogP contribution in [0.2, 0.25) is 5.02 Å². The van der Waals surface area contributed by atoms with Crippen molar-refractivity contribution in [3.05, 3.63) is 88.2 Å². The van der Waals surface area contributed by atoms with E-state index in [0.717, 1.165) is 16.7 Å². The Bertz CT molecular complexity index is 1250. The van der Waals surface area contributed by atoms with Gasteiger partial charge < -0.3 is 14.2 Å². The highest BCUT2D eigenvalue weighted by Gasteiger charge is 2.30. The monoisotopic (exact) mass is 491 g/mol. The van der Waals surface area contributed by atoms with E-state index >= 15 is 0 Å². The van der Waals surface area contributed by atoms with Gasteiger partial charge >= 0.3 is 0 Å². The second-order valence-electron chi connectivity index (χ2n) is 7.55. The zero-order valence-electron chi connectivity index (χ0n) is 18.0. The topological polar surface area (TPSA) is 65.1 Å². The van der Waals surface area contributed by atoms with Crippen molar-refractivity contribution in [1.29, 1.82) is 0 Å². The van der Waals surface area contributed by atoms with Crippen LogP contribution >= 0.6 is 11.6 Å². The van der Waals surface area contributed by atoms with E-state index in [9.17, 15) is 12.8 Å². The molecule has 0 radical (unpaired) electrons. The van der Waals surface area contributed by atoms with Gasteiger partial charge in [-0.2, -0.15) is 4.31 Å². The molecule has 0 aromatic heterocycles. The molecule has 3 aromatic rings. The van der Waals surface area contributed by atoms with Gasteiger partial charge in [-0.05, 0) is 53.6 Å². The number of benzene rings is 3. The third-order valence-electron chi connectivity index (χ3n) is 5.24. The Morgan fingerprint density at radius 1 is 1.06 bits per heavy atom. The maximum atomic E-state index is 13.4. The third kappa shape index (κ3) is 5.47. The Kier molecular flexibility index (Phi) is 7.19. The van der Waals surface area contributed by atoms with Crippen molar-refractivity contribution in [1.82, 2.24) is 4.31 Å². The number of hydrogen-bond donors (Lipinski definition) is 0. The van der Waals surface area contributed by atoms with Gasteiger partial charge in [0, 0.05) is 23.7 Å². The van der Waals surface area contributed by atoms with Crippen molar-refractivity contribution in [3.63, 3.8) is 0 Å². The van der Waals surface area contributed by atoms with Crippen LogP contribution in [0.3, 0.4) is 0 Å². The highest BCUT2D eigenvalue weighted by molar-refractivity contribution is 7.89. The van der Waals surface area contributed by atoms with Gasteiger partial charge in [0.05, 0.1) is 20.3 Å². The van der Waals surface area contributed by atoms with E-state index < -0.39 is 10.0 Å². The lowest BCUT2D eigenvalue weighted by molar-refractivity contribution is 0.107. The second kappa shape index (κ2) is 10.1. The molecular formula is C24H23ClFNO5S. The highest BCUT2D eigenvalue weighted by Crippen LogP contribution is 2.33. The first kappa shape index (κ1) is 23.5. The van der Waals surface area contributed by atoms with Crippen LogP contribution in [-0.2, 0) is 34.5 Å². The summed E-state index contributed by atoms with van der Waals surface area (Å²) in [4.78, 5) is 0.00975. The molecule has 6 nitrogen and oxygen atoms in total. The molecule has 0 bridgehead atoms. The van der Waals surface area contributed by atoms with E-state index in [2.05, 4.69) is 0 Å². The smallest absolute Gasteiger partial charge is 0.247 e. The summed E-state index contributed by atoms with van der Waals surface area (Å²) >= 11 is 6.06. The molecule has 1 aliphatic rings. The van der Waals surface area contributed by atoms with Crippen LogP contribution in [-0.4, -0.2) is 33.0 Å². The molecule has 174 valence electrons. The summed E-state index contributed by atoms with van der Waals surface area (Å²) in [5.74, 6) is 0.542. The summed E-state index contributed by atoms with van der Waals surface area (Å²) in [6.07, 6.45) is 0. The van der Waals surface area contributed by atoms with Crippen LogP contribution in [0.25, 0.3) is 0 Å². The minimum atomic E-state index is -3.89. The maximum Gasteiger partial charge on any atom is 0.247 e. The Morgan fingerprint density at radius 2 is 1.85 bits per heavy atom. The molecule has 1 heterocycles. The number of sulfonamides is 1. The normalized spacial score (nSPS) is 14.3. The molecule has 0 unspecified atom stereocenters. The average molecular weight is 492 g/mol. The van der Waals surface area contributed by atoms with Crippen LogP contribution in [0.15, 0.2) is 65.6 Å². The number of rotatable bonds is 7. The quantitative estimate of drug-likeness (QED) is 0.475. The fourth-order valence-corrected chi connectivity index (χ4v) is 5.44. The van der Waals surface area contributed by atoms with Crippen molar-refractivity contribution in [2.45, 2.75) is 24.7 Å². The molecule has 4 rings (SSSR count). The summed E-state index contributed by atoms with van der Waals surface area (Å²) in [5.41, 5.74) is 2.32. The van der Waals surface area contributed by atoms with Gasteiger partial charge in [-0.25, -0.2) is 12.8 Å². The zero-order chi connectivity index (χ0) is 23.4. The standard InChI is InChI=1S/C24H23ClFNO5S/c1-30-23-8-6-20(25)13-24(23)33(28,29)27-9-10-32-22-7-5-18(11-19(22)14-27)16-31-15-17-3-2-4-21(26)12-17/h2-8,11-13H,9-10,14-16H2,1H3. The molecule has 0 N–H and O–H groups in total. The zero-order valence-corrected chi connectivity index (χ0v) is 19.5. The molecule has 0 saturated carbocycles. The summed E-state index contributed by atoms with van der Waals surface area (Å²) in [6.45, 7) is 1.08. The number of ether oxygens (including phenoxy) is 3. The van der Waals surface area contributed by atoms with Gasteiger partial charge in [0.2, 0.25) is 10.0 Å². The summed E-state index contributed by atoms with van der Waals surface area (Å²) < 4.78 is 58.2. The van der Waals surface area contributed by atoms with Crippen molar-refractivity contribution >= 4 is 21.6 Å². The summed E-state index contributed by atoms with van der Waals surface area (Å²) in [5, 5.41) is 0.304. The van der Waals surface area contributed by atoms with Gasteiger partial charge in [-0.3, -0.25) is 0 Å². The van der Waals surface area contributed by atoms with Gasteiger partial charge in [0.1, 0.15) is 28.8 Å². The third-order valence-corrected chi connectivity index (χ3v) is 7.34. The molecule has 0 saturated heterocycles. The Balaban J connectivity index is 1.52. The minimum Gasteiger partial charge on any atom is -0.495 e. The van der Waals surface area contributed by atoms with Crippen molar-refractivity contribution in [2.24, 2.45) is 0 Å². The predicted octanol–water partition coefficient (Wildman–Crippen LogP) is 4.79. The van der Waals surface area contributed by atoms with Crippen LogP contribution in [0.1, 0.15) is 16.7 Å². The minimum absolute atomic E-state index is 0.00975. The van der Waals surface area contributed by atoms with Crippen molar-refractivity contribution in [2.75, 3.05) is 20.3 Å². The van der Waals surface area contributed by atoms with Crippen LogP contribution in [0.4, 0.5) is 4.39 Å². The van der Waals surface area contributed by atoms with Crippen LogP contribution in [0, 0.1) is 5.82 Å². The lowest BCUT2D eigenvalue weighted by atomic mass is 10.1. The van der Waals surface area contributed by atoms with Crippen molar-refractivity contribution < 1.29 is 27.0 Å². The molecule has 0 aliphatic carbocycles. The number of fused-ring (bicyclic) bond motifs is 1. The van der Waals surface area contributed by atoms with E-state index in [0.29, 0.717) is 17.4 Å². The predicted molar refractivity (Wildman–Crippen MR) is 122 cm³/mol. The molecule has 0 atom stereocenters. The first-order valence-electron chi connectivity index (χ1n) is 10.3.